The number of carbonyl (C=O) groups excluding carboxylic acids is 3. The summed E-state index contributed by atoms with van der Waals surface area (Å²) < 4.78 is 11.3. The van der Waals surface area contributed by atoms with Gasteiger partial charge in [-0.25, -0.2) is 9.59 Å². The molecule has 0 aliphatic carbocycles. The van der Waals surface area contributed by atoms with Gasteiger partial charge in [0.15, 0.2) is 5.54 Å². The minimum atomic E-state index is -1.18. The molecule has 0 radical (unpaired) electrons. The van der Waals surface area contributed by atoms with Gasteiger partial charge in [-0.3, -0.25) is 4.79 Å². The normalized spacial score (nSPS) is 16.7. The number of β-lactam (4-membered cyclic amide) rings is 1. The van der Waals surface area contributed by atoms with Gasteiger partial charge in [-0.1, -0.05) is 121 Å². The highest BCUT2D eigenvalue weighted by molar-refractivity contribution is 5.99. The van der Waals surface area contributed by atoms with E-state index in [2.05, 4.69) is 5.32 Å². The van der Waals surface area contributed by atoms with Crippen molar-refractivity contribution in [2.45, 2.75) is 44.1 Å². The summed E-state index contributed by atoms with van der Waals surface area (Å²) in [6.07, 6.45) is 0.203. The molecule has 2 amide bonds. The molecule has 4 aromatic rings. The molecule has 0 saturated carbocycles. The lowest BCUT2D eigenvalue weighted by Crippen LogP contribution is -2.71. The monoisotopic (exact) mass is 562 g/mol. The van der Waals surface area contributed by atoms with E-state index in [9.17, 15) is 14.4 Å². The maximum atomic E-state index is 13.8. The predicted octanol–water partition coefficient (Wildman–Crippen LogP) is 5.48. The topological polar surface area (TPSA) is 84.9 Å². The third-order valence-corrected chi connectivity index (χ3v) is 7.46. The number of carbonyl (C=O) groups is 3. The SMILES string of the molecule is O=C(N[C@H](Cc1ccccc1)CN1C(=O)CC1(Cc1ccccc1)C(=O)OCc1ccccc1)OCc1ccccc1. The van der Waals surface area contributed by atoms with Crippen LogP contribution in [0.25, 0.3) is 0 Å². The standard InChI is InChI=1S/C35H34N2O5/c38-32-23-35(22-28-15-7-2-8-16-28,33(39)41-25-29-17-9-3-10-18-29)37(32)24-31(21-27-13-5-1-6-14-27)36-34(40)42-26-30-19-11-4-12-20-30/h1-20,31H,21-26H2,(H,36,40)/t31-,35?/m1/s1. The molecule has 1 N–H and O–H groups in total. The van der Waals surface area contributed by atoms with Gasteiger partial charge in [-0.05, 0) is 28.7 Å². The Balaban J connectivity index is 1.35. The average Bonchev–Trinajstić information content (AvgIpc) is 3.03. The Morgan fingerprint density at radius 1 is 0.690 bits per heavy atom. The number of alkyl carbamates (subject to hydrolysis) is 1. The number of nitrogens with one attached hydrogen (secondary N) is 1. The smallest absolute Gasteiger partial charge is 0.407 e. The van der Waals surface area contributed by atoms with Gasteiger partial charge in [0, 0.05) is 13.0 Å². The lowest BCUT2D eigenvalue weighted by Gasteiger charge is -2.51. The lowest BCUT2D eigenvalue weighted by atomic mass is 9.77. The molecule has 5 rings (SSSR count). The van der Waals surface area contributed by atoms with Crippen molar-refractivity contribution in [1.82, 2.24) is 10.2 Å². The van der Waals surface area contributed by atoms with E-state index in [1.54, 1.807) is 4.90 Å². The first kappa shape index (κ1) is 28.6. The van der Waals surface area contributed by atoms with E-state index < -0.39 is 23.6 Å². The van der Waals surface area contributed by atoms with E-state index in [0.29, 0.717) is 12.8 Å². The lowest BCUT2D eigenvalue weighted by molar-refractivity contribution is -0.181. The van der Waals surface area contributed by atoms with E-state index >= 15 is 0 Å². The summed E-state index contributed by atoms with van der Waals surface area (Å²) >= 11 is 0. The van der Waals surface area contributed by atoms with Gasteiger partial charge in [0.05, 0.1) is 12.5 Å². The zero-order chi connectivity index (χ0) is 29.2. The number of hydrogen-bond donors (Lipinski definition) is 1. The second-order valence-corrected chi connectivity index (χ2v) is 10.5. The Hall–Kier alpha value is -4.91. The van der Waals surface area contributed by atoms with Crippen molar-refractivity contribution in [2.75, 3.05) is 6.54 Å². The van der Waals surface area contributed by atoms with E-state index in [1.165, 1.54) is 0 Å². The highest BCUT2D eigenvalue weighted by Crippen LogP contribution is 2.37. The van der Waals surface area contributed by atoms with Gasteiger partial charge in [0.2, 0.25) is 5.91 Å². The second-order valence-electron chi connectivity index (χ2n) is 10.5. The van der Waals surface area contributed by atoms with Crippen molar-refractivity contribution < 1.29 is 23.9 Å². The van der Waals surface area contributed by atoms with Gasteiger partial charge in [0.25, 0.3) is 0 Å². The fraction of sp³-hybridized carbons (Fsp3) is 0.229. The number of likely N-dealkylation sites (tertiary alicyclic amines) is 1. The average molecular weight is 563 g/mol. The number of esters is 1. The van der Waals surface area contributed by atoms with Crippen LogP contribution in [0.1, 0.15) is 28.7 Å². The van der Waals surface area contributed by atoms with Crippen LogP contribution in [0.5, 0.6) is 0 Å². The Morgan fingerprint density at radius 2 is 1.17 bits per heavy atom. The quantitative estimate of drug-likeness (QED) is 0.183. The molecule has 0 aromatic heterocycles. The number of ether oxygens (including phenoxy) is 2. The number of hydrogen-bond acceptors (Lipinski definition) is 5. The van der Waals surface area contributed by atoms with Crippen molar-refractivity contribution in [1.29, 1.82) is 0 Å². The van der Waals surface area contributed by atoms with Crippen molar-refractivity contribution in [3.05, 3.63) is 144 Å². The number of amides is 2. The first-order valence-electron chi connectivity index (χ1n) is 14.1. The maximum Gasteiger partial charge on any atom is 0.407 e. The molecule has 42 heavy (non-hydrogen) atoms. The van der Waals surface area contributed by atoms with Gasteiger partial charge in [0.1, 0.15) is 13.2 Å². The minimum Gasteiger partial charge on any atom is -0.459 e. The molecule has 1 fully saturated rings. The molecule has 1 heterocycles. The fourth-order valence-electron chi connectivity index (χ4n) is 5.28. The van der Waals surface area contributed by atoms with Crippen LogP contribution in [0.2, 0.25) is 0 Å². The van der Waals surface area contributed by atoms with Gasteiger partial charge in [-0.2, -0.15) is 0 Å². The summed E-state index contributed by atoms with van der Waals surface area (Å²) in [5, 5.41) is 2.95. The highest BCUT2D eigenvalue weighted by atomic mass is 16.5. The third-order valence-electron chi connectivity index (χ3n) is 7.46. The molecule has 0 spiro atoms. The molecule has 1 aliphatic rings. The second kappa shape index (κ2) is 13.6. The van der Waals surface area contributed by atoms with Crippen molar-refractivity contribution in [2.24, 2.45) is 0 Å². The summed E-state index contributed by atoms with van der Waals surface area (Å²) in [4.78, 5) is 41.4. The van der Waals surface area contributed by atoms with Crippen LogP contribution >= 0.6 is 0 Å². The predicted molar refractivity (Wildman–Crippen MR) is 159 cm³/mol. The largest absolute Gasteiger partial charge is 0.459 e. The molecule has 2 atom stereocenters. The number of nitrogens with zero attached hydrogens (tertiary/aromatic N) is 1. The zero-order valence-electron chi connectivity index (χ0n) is 23.4. The zero-order valence-corrected chi connectivity index (χ0v) is 23.4. The van der Waals surface area contributed by atoms with Gasteiger partial charge >= 0.3 is 12.1 Å². The van der Waals surface area contributed by atoms with E-state index in [1.807, 2.05) is 121 Å². The summed E-state index contributed by atoms with van der Waals surface area (Å²) in [6, 6.07) is 37.7. The fourth-order valence-corrected chi connectivity index (χ4v) is 5.28. The minimum absolute atomic E-state index is 0.0338. The van der Waals surface area contributed by atoms with Gasteiger partial charge in [-0.15, -0.1) is 0 Å². The molecule has 7 heteroatoms. The first-order valence-corrected chi connectivity index (χ1v) is 14.1. The summed E-state index contributed by atoms with van der Waals surface area (Å²) in [7, 11) is 0. The molecule has 214 valence electrons. The van der Waals surface area contributed by atoms with E-state index in [-0.39, 0.29) is 32.1 Å². The molecule has 1 unspecified atom stereocenters. The van der Waals surface area contributed by atoms with Gasteiger partial charge < -0.3 is 19.7 Å². The van der Waals surface area contributed by atoms with Crippen LogP contribution in [0.3, 0.4) is 0 Å². The van der Waals surface area contributed by atoms with Crippen LogP contribution in [0.15, 0.2) is 121 Å². The molecule has 1 aliphatic heterocycles. The maximum absolute atomic E-state index is 13.8. The van der Waals surface area contributed by atoms with Crippen molar-refractivity contribution in [3.63, 3.8) is 0 Å². The Morgan fingerprint density at radius 3 is 1.69 bits per heavy atom. The third kappa shape index (κ3) is 7.23. The van der Waals surface area contributed by atoms with Crippen LogP contribution < -0.4 is 5.32 Å². The highest BCUT2D eigenvalue weighted by Gasteiger charge is 2.58. The van der Waals surface area contributed by atoms with E-state index in [4.69, 9.17) is 9.47 Å². The summed E-state index contributed by atoms with van der Waals surface area (Å²) in [5.41, 5.74) is 2.45. The molecule has 4 aromatic carbocycles. The van der Waals surface area contributed by atoms with E-state index in [0.717, 1.165) is 22.3 Å². The van der Waals surface area contributed by atoms with Crippen LogP contribution in [0.4, 0.5) is 4.79 Å². The molecule has 0 bridgehead atoms. The Labute approximate surface area is 246 Å². The molecule has 7 nitrogen and oxygen atoms in total. The molecule has 1 saturated heterocycles. The Bertz CT molecular complexity index is 1460. The van der Waals surface area contributed by atoms with Crippen molar-refractivity contribution >= 4 is 18.0 Å². The van der Waals surface area contributed by atoms with Crippen molar-refractivity contribution in [3.8, 4) is 0 Å². The van der Waals surface area contributed by atoms with Crippen LogP contribution in [-0.4, -0.2) is 41.0 Å². The number of rotatable bonds is 12. The van der Waals surface area contributed by atoms with Crippen LogP contribution in [-0.2, 0) is 45.1 Å². The molecular formula is C35H34N2O5. The summed E-state index contributed by atoms with van der Waals surface area (Å²) in [5.74, 6) is -0.625. The first-order chi connectivity index (χ1) is 20.5. The Kier molecular flexibility index (Phi) is 9.29. The van der Waals surface area contributed by atoms with Crippen LogP contribution in [0, 0.1) is 0 Å². The number of benzene rings is 4. The summed E-state index contributed by atoms with van der Waals surface area (Å²) in [6.45, 7) is 0.355. The molecular weight excluding hydrogens is 528 g/mol.